The smallest absolute Gasteiger partial charge is 0.373 e. The van der Waals surface area contributed by atoms with Crippen LogP contribution in [-0.2, 0) is 9.59 Å². The van der Waals surface area contributed by atoms with Crippen LogP contribution < -0.4 is 0 Å². The molecule has 5 heteroatoms. The summed E-state index contributed by atoms with van der Waals surface area (Å²) in [5.41, 5.74) is 0. The van der Waals surface area contributed by atoms with Crippen LogP contribution in [0.1, 0.15) is 0 Å². The van der Waals surface area contributed by atoms with Gasteiger partial charge in [0.1, 0.15) is 0 Å². The average Bonchev–Trinajstić information content (AvgIpc) is 2.02. The minimum atomic E-state index is -0.475. The number of aromatic hydroxyl groups is 3. The molecule has 0 saturated heterocycles. The monoisotopic (exact) mass is 170 g/mol. The first-order valence-electron chi connectivity index (χ1n) is 2.82. The topological polar surface area (TPSA) is 94.8 Å². The molecule has 0 aromatic heterocycles. The highest BCUT2D eigenvalue weighted by molar-refractivity contribution is 5.47. The van der Waals surface area contributed by atoms with Crippen molar-refractivity contribution in [1.29, 1.82) is 0 Å². The zero-order chi connectivity index (χ0) is 9.56. The third kappa shape index (κ3) is 2.72. The molecule has 0 aliphatic carbocycles. The fourth-order valence-corrected chi connectivity index (χ4v) is 0.519. The van der Waals surface area contributed by atoms with Crippen LogP contribution in [0.15, 0.2) is 18.2 Å². The van der Waals surface area contributed by atoms with E-state index in [1.165, 1.54) is 18.2 Å². The summed E-state index contributed by atoms with van der Waals surface area (Å²) >= 11 is 0. The third-order valence-corrected chi connectivity index (χ3v) is 0.993. The van der Waals surface area contributed by atoms with Crippen LogP contribution in [0.25, 0.3) is 0 Å². The molecule has 0 atom stereocenters. The van der Waals surface area contributed by atoms with Gasteiger partial charge in [0.2, 0.25) is 0 Å². The van der Waals surface area contributed by atoms with Crippen LogP contribution in [0.2, 0.25) is 0 Å². The predicted octanol–water partition coefficient (Wildman–Crippen LogP) is 0.220. The number of carbonyl (C=O) groups excluding carboxylic acids is 2. The fourth-order valence-electron chi connectivity index (χ4n) is 0.519. The lowest BCUT2D eigenvalue weighted by molar-refractivity contribution is -0.191. The Morgan fingerprint density at radius 1 is 1.00 bits per heavy atom. The van der Waals surface area contributed by atoms with Gasteiger partial charge in [0.15, 0.2) is 17.2 Å². The van der Waals surface area contributed by atoms with Crippen molar-refractivity contribution in [3.05, 3.63) is 18.2 Å². The van der Waals surface area contributed by atoms with Gasteiger partial charge in [-0.2, -0.15) is 9.59 Å². The van der Waals surface area contributed by atoms with Crippen molar-refractivity contribution in [2.75, 3.05) is 0 Å². The number of hydrogen-bond acceptors (Lipinski definition) is 5. The zero-order valence-electron chi connectivity index (χ0n) is 5.89. The van der Waals surface area contributed by atoms with Crippen molar-refractivity contribution in [3.63, 3.8) is 0 Å². The Morgan fingerprint density at radius 3 is 1.58 bits per heavy atom. The number of phenolic OH excluding ortho intramolecular Hbond substituents is 3. The lowest BCUT2D eigenvalue weighted by atomic mass is 10.3. The van der Waals surface area contributed by atoms with E-state index in [9.17, 15) is 0 Å². The molecular formula is C7H6O5. The van der Waals surface area contributed by atoms with Gasteiger partial charge in [0, 0.05) is 0 Å². The van der Waals surface area contributed by atoms with Crippen molar-refractivity contribution < 1.29 is 24.9 Å². The molecule has 0 unspecified atom stereocenters. The highest BCUT2D eigenvalue weighted by atomic mass is 16.3. The molecule has 0 heterocycles. The maximum absolute atomic E-state index is 8.71. The molecule has 1 aromatic rings. The van der Waals surface area contributed by atoms with Gasteiger partial charge in [0.25, 0.3) is 0 Å². The second-order valence-corrected chi connectivity index (χ2v) is 1.73. The van der Waals surface area contributed by atoms with E-state index < -0.39 is 5.75 Å². The number of benzene rings is 1. The standard InChI is InChI=1S/C6H6O3.CO2/c7-4-2-1-3-5(8)6(4)9;2-1-3/h1-3,7-9H;. The summed E-state index contributed by atoms with van der Waals surface area (Å²) < 4.78 is 0. The van der Waals surface area contributed by atoms with Crippen molar-refractivity contribution >= 4 is 6.15 Å². The largest absolute Gasteiger partial charge is 0.504 e. The van der Waals surface area contributed by atoms with Gasteiger partial charge in [-0.25, -0.2) is 0 Å². The van der Waals surface area contributed by atoms with E-state index in [1.807, 2.05) is 0 Å². The molecule has 64 valence electrons. The molecular weight excluding hydrogens is 164 g/mol. The van der Waals surface area contributed by atoms with Gasteiger partial charge in [-0.1, -0.05) is 6.07 Å². The molecule has 5 nitrogen and oxygen atoms in total. The number of hydrogen-bond donors (Lipinski definition) is 3. The van der Waals surface area contributed by atoms with Gasteiger partial charge in [-0.3, -0.25) is 0 Å². The first-order chi connectivity index (χ1) is 5.63. The summed E-state index contributed by atoms with van der Waals surface area (Å²) in [4.78, 5) is 16.2. The van der Waals surface area contributed by atoms with E-state index in [0.29, 0.717) is 0 Å². The Kier molecular flexibility index (Phi) is 3.97. The molecule has 0 saturated carbocycles. The number of rotatable bonds is 0. The van der Waals surface area contributed by atoms with E-state index in [0.717, 1.165) is 0 Å². The predicted molar refractivity (Wildman–Crippen MR) is 36.4 cm³/mol. The molecule has 0 aliphatic rings. The summed E-state index contributed by atoms with van der Waals surface area (Å²) in [6.07, 6.45) is 0.250. The Hall–Kier alpha value is -2.00. The van der Waals surface area contributed by atoms with E-state index >= 15 is 0 Å². The molecule has 0 amide bonds. The van der Waals surface area contributed by atoms with Crippen molar-refractivity contribution in [1.82, 2.24) is 0 Å². The molecule has 0 bridgehead atoms. The highest BCUT2D eigenvalue weighted by Gasteiger charge is 2.00. The summed E-state index contributed by atoms with van der Waals surface area (Å²) in [5.74, 6) is -1.09. The fraction of sp³-hybridized carbons (Fsp3) is 0. The Bertz CT molecular complexity index is 268. The first-order valence-corrected chi connectivity index (χ1v) is 2.82. The average molecular weight is 170 g/mol. The minimum Gasteiger partial charge on any atom is -0.504 e. The Labute approximate surface area is 67.5 Å². The van der Waals surface area contributed by atoms with Crippen molar-refractivity contribution in [2.45, 2.75) is 0 Å². The van der Waals surface area contributed by atoms with Crippen molar-refractivity contribution in [3.8, 4) is 17.2 Å². The summed E-state index contributed by atoms with van der Waals surface area (Å²) in [6, 6.07) is 4.01. The Balaban J connectivity index is 0.000000354. The molecule has 1 rings (SSSR count). The molecule has 0 fully saturated rings. The SMILES string of the molecule is O=C=O.Oc1cccc(O)c1O. The van der Waals surface area contributed by atoms with E-state index in [2.05, 4.69) is 0 Å². The van der Waals surface area contributed by atoms with Crippen LogP contribution in [0.3, 0.4) is 0 Å². The normalized spacial score (nSPS) is 7.67. The molecule has 12 heavy (non-hydrogen) atoms. The lowest BCUT2D eigenvalue weighted by Crippen LogP contribution is -1.67. The van der Waals surface area contributed by atoms with E-state index in [4.69, 9.17) is 24.9 Å². The molecule has 3 N–H and O–H groups in total. The van der Waals surface area contributed by atoms with Crippen LogP contribution in [-0.4, -0.2) is 21.5 Å². The van der Waals surface area contributed by atoms with Gasteiger partial charge >= 0.3 is 6.15 Å². The second-order valence-electron chi connectivity index (χ2n) is 1.73. The summed E-state index contributed by atoms with van der Waals surface area (Å²) in [7, 11) is 0. The number of phenols is 3. The molecule has 0 aliphatic heterocycles. The van der Waals surface area contributed by atoms with E-state index in [1.54, 1.807) is 0 Å². The summed E-state index contributed by atoms with van der Waals surface area (Å²) in [5, 5.41) is 26.1. The van der Waals surface area contributed by atoms with Crippen molar-refractivity contribution in [2.24, 2.45) is 0 Å². The van der Waals surface area contributed by atoms with Gasteiger partial charge in [0.05, 0.1) is 0 Å². The van der Waals surface area contributed by atoms with Gasteiger partial charge in [-0.05, 0) is 12.1 Å². The highest BCUT2D eigenvalue weighted by Crippen LogP contribution is 2.32. The minimum absolute atomic E-state index is 0.250. The van der Waals surface area contributed by atoms with Crippen LogP contribution >= 0.6 is 0 Å². The molecule has 1 aromatic carbocycles. The summed E-state index contributed by atoms with van der Waals surface area (Å²) in [6.45, 7) is 0. The van der Waals surface area contributed by atoms with Crippen LogP contribution in [0, 0.1) is 0 Å². The van der Waals surface area contributed by atoms with Gasteiger partial charge in [-0.15, -0.1) is 0 Å². The van der Waals surface area contributed by atoms with E-state index in [-0.39, 0.29) is 17.7 Å². The second kappa shape index (κ2) is 4.76. The Morgan fingerprint density at radius 2 is 1.33 bits per heavy atom. The lowest BCUT2D eigenvalue weighted by Gasteiger charge is -1.96. The maximum Gasteiger partial charge on any atom is 0.373 e. The van der Waals surface area contributed by atoms with Gasteiger partial charge < -0.3 is 15.3 Å². The van der Waals surface area contributed by atoms with Crippen LogP contribution in [0.5, 0.6) is 17.2 Å². The maximum atomic E-state index is 8.71. The quantitative estimate of drug-likeness (QED) is 0.484. The molecule has 0 spiro atoms. The molecule has 0 radical (unpaired) electrons. The zero-order valence-corrected chi connectivity index (χ0v) is 5.89. The third-order valence-electron chi connectivity index (χ3n) is 0.993. The number of para-hydroxylation sites is 1. The first kappa shape index (κ1) is 10.0. The van der Waals surface area contributed by atoms with Crippen LogP contribution in [0.4, 0.5) is 0 Å².